The van der Waals surface area contributed by atoms with Crippen molar-refractivity contribution in [2.45, 2.75) is 25.5 Å². The van der Waals surface area contributed by atoms with E-state index >= 15 is 0 Å². The molecule has 5 heteroatoms. The Kier molecular flexibility index (Phi) is 4.06. The third-order valence-electron chi connectivity index (χ3n) is 2.93. The number of ether oxygens (including phenoxy) is 1. The fourth-order valence-corrected chi connectivity index (χ4v) is 2.02. The lowest BCUT2D eigenvalue weighted by Crippen LogP contribution is -2.26. The Morgan fingerprint density at radius 2 is 2.29 bits per heavy atom. The zero-order valence-electron chi connectivity index (χ0n) is 9.59. The second kappa shape index (κ2) is 5.75. The first-order chi connectivity index (χ1) is 8.27. The quantitative estimate of drug-likeness (QED) is 0.626. The zero-order valence-corrected chi connectivity index (χ0v) is 9.59. The Morgan fingerprint density at radius 1 is 1.47 bits per heavy atom. The SMILES string of the molecule is O=[N+]([O-])c1ccccc1COCC1CCCN1. The lowest BCUT2D eigenvalue weighted by atomic mass is 10.2. The molecular weight excluding hydrogens is 220 g/mol. The van der Waals surface area contributed by atoms with E-state index in [4.69, 9.17) is 4.74 Å². The summed E-state index contributed by atoms with van der Waals surface area (Å²) in [6.07, 6.45) is 2.30. The highest BCUT2D eigenvalue weighted by Crippen LogP contribution is 2.18. The number of nitro groups is 1. The average molecular weight is 236 g/mol. The van der Waals surface area contributed by atoms with Crippen LogP contribution in [0.15, 0.2) is 24.3 Å². The zero-order chi connectivity index (χ0) is 12.1. The molecule has 0 aromatic heterocycles. The topological polar surface area (TPSA) is 64.4 Å². The van der Waals surface area contributed by atoms with Crippen LogP contribution in [0.2, 0.25) is 0 Å². The van der Waals surface area contributed by atoms with E-state index in [0.717, 1.165) is 13.0 Å². The fraction of sp³-hybridized carbons (Fsp3) is 0.500. The van der Waals surface area contributed by atoms with Crippen molar-refractivity contribution in [3.8, 4) is 0 Å². The van der Waals surface area contributed by atoms with Gasteiger partial charge in [-0.15, -0.1) is 0 Å². The molecule has 1 saturated heterocycles. The van der Waals surface area contributed by atoms with Crippen LogP contribution in [0.4, 0.5) is 5.69 Å². The van der Waals surface area contributed by atoms with Crippen LogP contribution in [0.25, 0.3) is 0 Å². The molecule has 5 nitrogen and oxygen atoms in total. The van der Waals surface area contributed by atoms with Crippen molar-refractivity contribution in [2.75, 3.05) is 13.2 Å². The minimum Gasteiger partial charge on any atom is -0.375 e. The standard InChI is InChI=1S/C12H16N2O3/c15-14(16)12-6-2-1-4-10(12)8-17-9-11-5-3-7-13-11/h1-2,4,6,11,13H,3,5,7-9H2. The van der Waals surface area contributed by atoms with Crippen LogP contribution in [0, 0.1) is 10.1 Å². The maximum atomic E-state index is 10.8. The van der Waals surface area contributed by atoms with Crippen molar-refractivity contribution >= 4 is 5.69 Å². The number of nitrogens with zero attached hydrogens (tertiary/aromatic N) is 1. The first-order valence-electron chi connectivity index (χ1n) is 5.81. The van der Waals surface area contributed by atoms with Gasteiger partial charge in [0, 0.05) is 12.1 Å². The summed E-state index contributed by atoms with van der Waals surface area (Å²) in [5, 5.41) is 14.1. The number of nitrogens with one attached hydrogen (secondary N) is 1. The maximum Gasteiger partial charge on any atom is 0.274 e. The molecule has 1 fully saturated rings. The van der Waals surface area contributed by atoms with Crippen molar-refractivity contribution in [2.24, 2.45) is 0 Å². The Hall–Kier alpha value is -1.46. The lowest BCUT2D eigenvalue weighted by molar-refractivity contribution is -0.386. The number of rotatable bonds is 5. The molecule has 0 bridgehead atoms. The Morgan fingerprint density at radius 3 is 3.00 bits per heavy atom. The fourth-order valence-electron chi connectivity index (χ4n) is 2.02. The predicted molar refractivity (Wildman–Crippen MR) is 63.8 cm³/mol. The second-order valence-corrected chi connectivity index (χ2v) is 4.19. The van der Waals surface area contributed by atoms with Gasteiger partial charge in [-0.3, -0.25) is 10.1 Å². The van der Waals surface area contributed by atoms with Crippen molar-refractivity contribution in [3.05, 3.63) is 39.9 Å². The summed E-state index contributed by atoms with van der Waals surface area (Å²) in [4.78, 5) is 10.4. The smallest absolute Gasteiger partial charge is 0.274 e. The van der Waals surface area contributed by atoms with Crippen LogP contribution in [0.5, 0.6) is 0 Å². The molecule has 17 heavy (non-hydrogen) atoms. The van der Waals surface area contributed by atoms with Crippen molar-refractivity contribution in [1.82, 2.24) is 5.32 Å². The predicted octanol–water partition coefficient (Wildman–Crippen LogP) is 1.86. The Bertz CT molecular complexity index is 389. The highest BCUT2D eigenvalue weighted by molar-refractivity contribution is 5.39. The molecule has 1 aliphatic heterocycles. The number of hydrogen-bond donors (Lipinski definition) is 1. The molecular formula is C12H16N2O3. The molecule has 0 saturated carbocycles. The highest BCUT2D eigenvalue weighted by atomic mass is 16.6. The normalized spacial score (nSPS) is 19.4. The van der Waals surface area contributed by atoms with Gasteiger partial charge in [-0.2, -0.15) is 0 Å². The summed E-state index contributed by atoms with van der Waals surface area (Å²) in [6.45, 7) is 1.96. The van der Waals surface area contributed by atoms with E-state index in [-0.39, 0.29) is 10.6 Å². The Labute approximate surface area is 99.9 Å². The van der Waals surface area contributed by atoms with Crippen molar-refractivity contribution < 1.29 is 9.66 Å². The summed E-state index contributed by atoms with van der Waals surface area (Å²) >= 11 is 0. The van der Waals surface area contributed by atoms with E-state index in [1.165, 1.54) is 12.5 Å². The van der Waals surface area contributed by atoms with Crippen LogP contribution in [0.3, 0.4) is 0 Å². The molecule has 2 rings (SSSR count). The number of hydrogen-bond acceptors (Lipinski definition) is 4. The van der Waals surface area contributed by atoms with E-state index in [1.807, 2.05) is 0 Å². The molecule has 0 radical (unpaired) electrons. The number of benzene rings is 1. The van der Waals surface area contributed by atoms with E-state index in [9.17, 15) is 10.1 Å². The molecule has 0 amide bonds. The molecule has 1 N–H and O–H groups in total. The van der Waals surface area contributed by atoms with Gasteiger partial charge in [0.2, 0.25) is 0 Å². The average Bonchev–Trinajstić information content (AvgIpc) is 2.82. The first-order valence-corrected chi connectivity index (χ1v) is 5.81. The summed E-state index contributed by atoms with van der Waals surface area (Å²) in [5.74, 6) is 0. The van der Waals surface area contributed by atoms with Gasteiger partial charge in [0.15, 0.2) is 0 Å². The highest BCUT2D eigenvalue weighted by Gasteiger charge is 2.16. The molecule has 0 aliphatic carbocycles. The molecule has 1 aliphatic rings. The van der Waals surface area contributed by atoms with Crippen LogP contribution in [-0.4, -0.2) is 24.1 Å². The number of para-hydroxylation sites is 1. The second-order valence-electron chi connectivity index (χ2n) is 4.19. The molecule has 0 spiro atoms. The minimum atomic E-state index is -0.369. The van der Waals surface area contributed by atoms with Gasteiger partial charge in [-0.1, -0.05) is 12.1 Å². The van der Waals surface area contributed by atoms with Gasteiger partial charge in [-0.05, 0) is 25.5 Å². The third kappa shape index (κ3) is 3.25. The third-order valence-corrected chi connectivity index (χ3v) is 2.93. The van der Waals surface area contributed by atoms with Crippen LogP contribution < -0.4 is 5.32 Å². The van der Waals surface area contributed by atoms with Gasteiger partial charge in [0.25, 0.3) is 5.69 Å². The summed E-state index contributed by atoms with van der Waals surface area (Å²) in [6, 6.07) is 7.10. The minimum absolute atomic E-state index is 0.131. The monoisotopic (exact) mass is 236 g/mol. The van der Waals surface area contributed by atoms with E-state index in [0.29, 0.717) is 24.8 Å². The summed E-state index contributed by atoms with van der Waals surface area (Å²) in [5.41, 5.74) is 0.766. The molecule has 92 valence electrons. The largest absolute Gasteiger partial charge is 0.375 e. The first kappa shape index (κ1) is 12.0. The van der Waals surface area contributed by atoms with Crippen LogP contribution >= 0.6 is 0 Å². The molecule has 1 unspecified atom stereocenters. The van der Waals surface area contributed by atoms with Gasteiger partial charge in [0.1, 0.15) is 0 Å². The van der Waals surface area contributed by atoms with E-state index in [1.54, 1.807) is 18.2 Å². The molecule has 1 atom stereocenters. The van der Waals surface area contributed by atoms with E-state index in [2.05, 4.69) is 5.32 Å². The van der Waals surface area contributed by atoms with Gasteiger partial charge >= 0.3 is 0 Å². The van der Waals surface area contributed by atoms with Gasteiger partial charge in [0.05, 0.1) is 23.7 Å². The lowest BCUT2D eigenvalue weighted by Gasteiger charge is -2.10. The van der Waals surface area contributed by atoms with Crippen molar-refractivity contribution in [1.29, 1.82) is 0 Å². The number of nitro benzene ring substituents is 1. The van der Waals surface area contributed by atoms with Crippen LogP contribution in [0.1, 0.15) is 18.4 Å². The summed E-state index contributed by atoms with van der Waals surface area (Å²) < 4.78 is 5.53. The molecule has 1 heterocycles. The Balaban J connectivity index is 1.87. The molecule has 1 aromatic carbocycles. The van der Waals surface area contributed by atoms with Crippen molar-refractivity contribution in [3.63, 3.8) is 0 Å². The summed E-state index contributed by atoms with van der Waals surface area (Å²) in [7, 11) is 0. The van der Waals surface area contributed by atoms with Gasteiger partial charge < -0.3 is 10.1 Å². The molecule has 1 aromatic rings. The maximum absolute atomic E-state index is 10.8. The van der Waals surface area contributed by atoms with Crippen LogP contribution in [-0.2, 0) is 11.3 Å². The van der Waals surface area contributed by atoms with Gasteiger partial charge in [-0.25, -0.2) is 0 Å². The van der Waals surface area contributed by atoms with E-state index < -0.39 is 0 Å².